The fourth-order valence-electron chi connectivity index (χ4n) is 4.18. The molecule has 4 rings (SSSR count). The van der Waals surface area contributed by atoms with Crippen LogP contribution < -0.4 is 5.73 Å². The normalized spacial score (nSPS) is 13.9. The number of amides is 1. The highest BCUT2D eigenvalue weighted by molar-refractivity contribution is 5.95. The molecule has 1 aliphatic heterocycles. The smallest absolute Gasteiger partial charge is 0.254 e. The van der Waals surface area contributed by atoms with E-state index in [0.29, 0.717) is 31.2 Å². The highest BCUT2D eigenvalue weighted by atomic mass is 16.2. The lowest BCUT2D eigenvalue weighted by Gasteiger charge is -2.29. The Morgan fingerprint density at radius 2 is 1.97 bits per heavy atom. The number of rotatable bonds is 5. The molecule has 0 fully saturated rings. The van der Waals surface area contributed by atoms with E-state index in [9.17, 15) is 4.79 Å². The molecule has 0 unspecified atom stereocenters. The largest absolute Gasteiger partial charge is 0.382 e. The lowest BCUT2D eigenvalue weighted by molar-refractivity contribution is 0.0734. The van der Waals surface area contributed by atoms with Crippen LogP contribution in [0.3, 0.4) is 0 Å². The number of anilines is 1. The van der Waals surface area contributed by atoms with Gasteiger partial charge in [0.1, 0.15) is 11.3 Å². The van der Waals surface area contributed by atoms with Gasteiger partial charge in [-0.1, -0.05) is 39.0 Å². The van der Waals surface area contributed by atoms with Crippen molar-refractivity contribution in [2.45, 2.75) is 53.1 Å². The van der Waals surface area contributed by atoms with Crippen LogP contribution in [0.15, 0.2) is 30.3 Å². The van der Waals surface area contributed by atoms with Crippen LogP contribution >= 0.6 is 0 Å². The zero-order chi connectivity index (χ0) is 20.5. The van der Waals surface area contributed by atoms with Gasteiger partial charge >= 0.3 is 0 Å². The minimum Gasteiger partial charge on any atom is -0.382 e. The highest BCUT2D eigenvalue weighted by Gasteiger charge is 2.28. The van der Waals surface area contributed by atoms with Crippen LogP contribution in [0.25, 0.3) is 11.0 Å². The SMILES string of the molecule is CCCc1nc2c(N)nc3c(c2n1CC(C)C)CN(C(=O)c1ccccc1)CC3. The van der Waals surface area contributed by atoms with Gasteiger partial charge in [0.15, 0.2) is 5.82 Å². The van der Waals surface area contributed by atoms with E-state index in [1.54, 1.807) is 0 Å². The van der Waals surface area contributed by atoms with Crippen molar-refractivity contribution in [3.05, 3.63) is 53.0 Å². The summed E-state index contributed by atoms with van der Waals surface area (Å²) in [6.45, 7) is 8.67. The number of nitrogen functional groups attached to an aromatic ring is 1. The summed E-state index contributed by atoms with van der Waals surface area (Å²) in [5.41, 5.74) is 11.0. The van der Waals surface area contributed by atoms with Crippen molar-refractivity contribution >= 4 is 22.8 Å². The monoisotopic (exact) mass is 391 g/mol. The molecule has 0 bridgehead atoms. The van der Waals surface area contributed by atoms with Crippen molar-refractivity contribution in [3.63, 3.8) is 0 Å². The predicted molar refractivity (Wildman–Crippen MR) is 116 cm³/mol. The molecule has 0 radical (unpaired) electrons. The van der Waals surface area contributed by atoms with Crippen LogP contribution in [0.2, 0.25) is 0 Å². The van der Waals surface area contributed by atoms with Crippen LogP contribution in [-0.4, -0.2) is 31.9 Å². The molecule has 152 valence electrons. The minimum absolute atomic E-state index is 0.0601. The van der Waals surface area contributed by atoms with Crippen molar-refractivity contribution in [1.29, 1.82) is 0 Å². The second kappa shape index (κ2) is 7.85. The summed E-state index contributed by atoms with van der Waals surface area (Å²) in [7, 11) is 0. The van der Waals surface area contributed by atoms with Gasteiger partial charge in [0.2, 0.25) is 0 Å². The van der Waals surface area contributed by atoms with Crippen molar-refractivity contribution in [2.75, 3.05) is 12.3 Å². The average molecular weight is 392 g/mol. The molecule has 1 aromatic carbocycles. The van der Waals surface area contributed by atoms with Gasteiger partial charge in [0, 0.05) is 43.6 Å². The number of carbonyl (C=O) groups excluding carboxylic acids is 1. The minimum atomic E-state index is 0.0601. The molecule has 0 saturated heterocycles. The fourth-order valence-corrected chi connectivity index (χ4v) is 4.18. The maximum atomic E-state index is 13.0. The first-order chi connectivity index (χ1) is 14.0. The van der Waals surface area contributed by atoms with Gasteiger partial charge < -0.3 is 15.2 Å². The van der Waals surface area contributed by atoms with E-state index in [1.807, 2.05) is 35.2 Å². The Hall–Kier alpha value is -2.89. The quantitative estimate of drug-likeness (QED) is 0.717. The molecule has 3 heterocycles. The summed E-state index contributed by atoms with van der Waals surface area (Å²) in [6, 6.07) is 9.48. The second-order valence-electron chi connectivity index (χ2n) is 8.24. The molecule has 29 heavy (non-hydrogen) atoms. The Labute approximate surface area is 171 Å². The number of fused-ring (bicyclic) bond motifs is 3. The van der Waals surface area contributed by atoms with Gasteiger partial charge in [0.25, 0.3) is 5.91 Å². The number of benzene rings is 1. The number of nitrogens with two attached hydrogens (primary N) is 1. The predicted octanol–water partition coefficient (Wildman–Crippen LogP) is 3.82. The molecule has 2 aromatic heterocycles. The van der Waals surface area contributed by atoms with E-state index in [-0.39, 0.29) is 5.91 Å². The third-order valence-electron chi connectivity index (χ3n) is 5.48. The summed E-state index contributed by atoms with van der Waals surface area (Å²) >= 11 is 0. The highest BCUT2D eigenvalue weighted by Crippen LogP contribution is 2.32. The van der Waals surface area contributed by atoms with Gasteiger partial charge in [-0.05, 0) is 24.5 Å². The zero-order valence-electron chi connectivity index (χ0n) is 17.5. The number of hydrogen-bond donors (Lipinski definition) is 1. The summed E-state index contributed by atoms with van der Waals surface area (Å²) in [5.74, 6) is 2.11. The van der Waals surface area contributed by atoms with Gasteiger partial charge in [-0.15, -0.1) is 0 Å². The molecule has 3 aromatic rings. The number of carbonyl (C=O) groups is 1. The maximum Gasteiger partial charge on any atom is 0.254 e. The molecule has 1 aliphatic rings. The Balaban J connectivity index is 1.81. The van der Waals surface area contributed by atoms with Crippen molar-refractivity contribution in [2.24, 2.45) is 5.92 Å². The molecule has 6 nitrogen and oxygen atoms in total. The topological polar surface area (TPSA) is 77.0 Å². The third kappa shape index (κ3) is 3.59. The van der Waals surface area contributed by atoms with E-state index in [1.165, 1.54) is 0 Å². The van der Waals surface area contributed by atoms with Crippen LogP contribution in [0, 0.1) is 5.92 Å². The van der Waals surface area contributed by atoms with E-state index in [2.05, 4.69) is 30.3 Å². The van der Waals surface area contributed by atoms with Gasteiger partial charge in [-0.2, -0.15) is 0 Å². The zero-order valence-corrected chi connectivity index (χ0v) is 17.5. The number of nitrogens with zero attached hydrogens (tertiary/aromatic N) is 4. The Morgan fingerprint density at radius 3 is 2.66 bits per heavy atom. The van der Waals surface area contributed by atoms with Crippen LogP contribution in [0.4, 0.5) is 5.82 Å². The van der Waals surface area contributed by atoms with Crippen LogP contribution in [0.5, 0.6) is 0 Å². The van der Waals surface area contributed by atoms with Crippen molar-refractivity contribution < 1.29 is 4.79 Å². The Bertz CT molecular complexity index is 1040. The summed E-state index contributed by atoms with van der Waals surface area (Å²) in [5, 5.41) is 0. The average Bonchev–Trinajstić information content (AvgIpc) is 3.07. The lowest BCUT2D eigenvalue weighted by atomic mass is 10.0. The first kappa shape index (κ1) is 19.4. The maximum absolute atomic E-state index is 13.0. The molecular formula is C23H29N5O. The van der Waals surface area contributed by atoms with Crippen LogP contribution in [-0.2, 0) is 25.9 Å². The number of aromatic nitrogens is 3. The molecule has 1 amide bonds. The van der Waals surface area contributed by atoms with E-state index >= 15 is 0 Å². The van der Waals surface area contributed by atoms with E-state index in [4.69, 9.17) is 10.7 Å². The second-order valence-corrected chi connectivity index (χ2v) is 8.24. The van der Waals surface area contributed by atoms with E-state index < -0.39 is 0 Å². The molecule has 0 spiro atoms. The first-order valence-corrected chi connectivity index (χ1v) is 10.5. The fraction of sp³-hybridized carbons (Fsp3) is 0.435. The molecular weight excluding hydrogens is 362 g/mol. The molecule has 2 N–H and O–H groups in total. The van der Waals surface area contributed by atoms with Gasteiger partial charge in [-0.25, -0.2) is 9.97 Å². The molecule has 6 heteroatoms. The number of aryl methyl sites for hydroxylation is 1. The Morgan fingerprint density at radius 1 is 1.21 bits per heavy atom. The number of hydrogen-bond acceptors (Lipinski definition) is 4. The van der Waals surface area contributed by atoms with E-state index in [0.717, 1.165) is 53.1 Å². The molecule has 0 aliphatic carbocycles. The molecule has 0 atom stereocenters. The number of imidazole rings is 1. The standard InChI is InChI=1S/C23H29N5O/c1-4-8-19-26-20-21(28(19)13-15(2)3)17-14-27(12-11-18(17)25-22(20)24)23(29)16-9-6-5-7-10-16/h5-7,9-10,15H,4,8,11-14H2,1-3H3,(H2,24,25). The lowest BCUT2D eigenvalue weighted by Crippen LogP contribution is -2.36. The summed E-state index contributed by atoms with van der Waals surface area (Å²) in [4.78, 5) is 24.5. The van der Waals surface area contributed by atoms with Gasteiger partial charge in [-0.3, -0.25) is 4.79 Å². The van der Waals surface area contributed by atoms with Crippen LogP contribution in [0.1, 0.15) is 54.6 Å². The van der Waals surface area contributed by atoms with Gasteiger partial charge in [0.05, 0.1) is 11.2 Å². The Kier molecular flexibility index (Phi) is 5.26. The summed E-state index contributed by atoms with van der Waals surface area (Å²) in [6.07, 6.45) is 2.64. The van der Waals surface area contributed by atoms with Crippen molar-refractivity contribution in [3.8, 4) is 0 Å². The molecule has 0 saturated carbocycles. The third-order valence-corrected chi connectivity index (χ3v) is 5.48. The number of pyridine rings is 1. The van der Waals surface area contributed by atoms with Crippen molar-refractivity contribution in [1.82, 2.24) is 19.4 Å². The summed E-state index contributed by atoms with van der Waals surface area (Å²) < 4.78 is 2.32. The first-order valence-electron chi connectivity index (χ1n) is 10.5.